The van der Waals surface area contributed by atoms with E-state index < -0.39 is 0 Å². The lowest BCUT2D eigenvalue weighted by Crippen LogP contribution is -2.52. The lowest BCUT2D eigenvalue weighted by Gasteiger charge is -2.37. The van der Waals surface area contributed by atoms with E-state index in [-0.39, 0.29) is 24.0 Å². The topological polar surface area (TPSA) is 43.8 Å². The zero-order valence-electron chi connectivity index (χ0n) is 13.5. The predicted molar refractivity (Wildman–Crippen MR) is 116 cm³/mol. The summed E-state index contributed by atoms with van der Waals surface area (Å²) in [5, 5.41) is 5.56. The highest BCUT2D eigenvalue weighted by Crippen LogP contribution is 2.19. The van der Waals surface area contributed by atoms with E-state index in [1.807, 2.05) is 25.4 Å². The van der Waals surface area contributed by atoms with Crippen LogP contribution in [0.2, 0.25) is 0 Å². The minimum absolute atomic E-state index is 0. The lowest BCUT2D eigenvalue weighted by atomic mass is 10.3. The van der Waals surface area contributed by atoms with E-state index in [0.29, 0.717) is 0 Å². The van der Waals surface area contributed by atoms with E-state index in [0.717, 1.165) is 49.0 Å². The Balaban J connectivity index is 0.00000208. The van der Waals surface area contributed by atoms with Gasteiger partial charge in [-0.3, -0.25) is 4.99 Å². The molecule has 0 radical (unpaired) electrons. The van der Waals surface area contributed by atoms with Gasteiger partial charge in [-0.1, -0.05) is 6.07 Å². The van der Waals surface area contributed by atoms with Crippen molar-refractivity contribution in [2.45, 2.75) is 6.54 Å². The monoisotopic (exact) mass is 521 g/mol. The van der Waals surface area contributed by atoms with Crippen LogP contribution in [0.5, 0.6) is 0 Å². The van der Waals surface area contributed by atoms with Gasteiger partial charge in [0.05, 0.1) is 6.54 Å². The fourth-order valence-corrected chi connectivity index (χ4v) is 4.02. The van der Waals surface area contributed by atoms with Crippen LogP contribution in [0.25, 0.3) is 0 Å². The molecule has 0 aromatic carbocycles. The average molecular weight is 522 g/mol. The van der Waals surface area contributed by atoms with Gasteiger partial charge in [0.1, 0.15) is 5.82 Å². The number of thiophene rings is 1. The third-order valence-corrected chi connectivity index (χ3v) is 5.50. The van der Waals surface area contributed by atoms with Crippen LogP contribution < -0.4 is 10.2 Å². The normalized spacial score (nSPS) is 15.2. The smallest absolute Gasteiger partial charge is 0.194 e. The first-order valence-electron chi connectivity index (χ1n) is 7.61. The maximum absolute atomic E-state index is 4.43. The summed E-state index contributed by atoms with van der Waals surface area (Å²) in [6.07, 6.45) is 1.85. The summed E-state index contributed by atoms with van der Waals surface area (Å²) in [5.41, 5.74) is 0. The molecule has 1 aliphatic rings. The molecule has 8 heteroatoms. The first kappa shape index (κ1) is 19.5. The van der Waals surface area contributed by atoms with E-state index >= 15 is 0 Å². The summed E-state index contributed by atoms with van der Waals surface area (Å²) in [4.78, 5) is 14.8. The highest BCUT2D eigenvalue weighted by molar-refractivity contribution is 14.0. The molecule has 0 saturated carbocycles. The minimum atomic E-state index is 0. The summed E-state index contributed by atoms with van der Waals surface area (Å²) >= 11 is 5.24. The molecule has 3 heterocycles. The van der Waals surface area contributed by atoms with Gasteiger partial charge in [-0.05, 0) is 34.1 Å². The second-order valence-electron chi connectivity index (χ2n) is 5.29. The Kier molecular flexibility index (Phi) is 7.76. The highest BCUT2D eigenvalue weighted by Gasteiger charge is 2.20. The molecule has 0 aliphatic carbocycles. The Morgan fingerprint density at radius 3 is 2.71 bits per heavy atom. The van der Waals surface area contributed by atoms with Gasteiger partial charge in [0.25, 0.3) is 0 Å². The van der Waals surface area contributed by atoms with E-state index in [1.165, 1.54) is 4.88 Å². The quantitative estimate of drug-likeness (QED) is 0.382. The second kappa shape index (κ2) is 9.57. The summed E-state index contributed by atoms with van der Waals surface area (Å²) in [5.74, 6) is 2.02. The fourth-order valence-electron chi connectivity index (χ4n) is 2.63. The number of halogens is 2. The lowest BCUT2D eigenvalue weighted by molar-refractivity contribution is 0.371. The number of nitrogens with one attached hydrogen (secondary N) is 1. The molecule has 0 bridgehead atoms. The maximum Gasteiger partial charge on any atom is 0.194 e. The van der Waals surface area contributed by atoms with Crippen molar-refractivity contribution in [2.24, 2.45) is 4.99 Å². The van der Waals surface area contributed by atoms with Crippen molar-refractivity contribution in [1.29, 1.82) is 0 Å². The van der Waals surface area contributed by atoms with Crippen LogP contribution in [-0.4, -0.2) is 49.1 Å². The molecule has 2 aromatic heterocycles. The molecule has 5 nitrogen and oxygen atoms in total. The van der Waals surface area contributed by atoms with Crippen LogP contribution in [0.15, 0.2) is 45.3 Å². The summed E-state index contributed by atoms with van der Waals surface area (Å²) in [6.45, 7) is 4.63. The van der Waals surface area contributed by atoms with Gasteiger partial charge in [-0.25, -0.2) is 4.98 Å². The Morgan fingerprint density at radius 1 is 1.33 bits per heavy atom. The maximum atomic E-state index is 4.43. The first-order chi connectivity index (χ1) is 11.3. The van der Waals surface area contributed by atoms with Crippen molar-refractivity contribution in [3.05, 3.63) is 45.2 Å². The number of pyridine rings is 1. The number of rotatable bonds is 3. The molecular formula is C16H21BrIN5S. The Bertz CT molecular complexity index is 655. The molecule has 0 amide bonds. The van der Waals surface area contributed by atoms with Crippen LogP contribution in [0.3, 0.4) is 0 Å². The van der Waals surface area contributed by atoms with Gasteiger partial charge in [0.15, 0.2) is 5.96 Å². The third kappa shape index (κ3) is 5.06. The van der Waals surface area contributed by atoms with Crippen molar-refractivity contribution in [3.63, 3.8) is 0 Å². The standard InChI is InChI=1S/C16H20BrN5S.HI/c1-18-16(20-11-14-10-13(17)12-23-14)22-8-6-21(7-9-22)15-4-2-3-5-19-15;/h2-5,10,12H,6-9,11H2,1H3,(H,18,20);1H. The van der Waals surface area contributed by atoms with Gasteiger partial charge in [-0.2, -0.15) is 0 Å². The van der Waals surface area contributed by atoms with Crippen LogP contribution >= 0.6 is 51.2 Å². The van der Waals surface area contributed by atoms with Crippen molar-refractivity contribution >= 4 is 63.0 Å². The number of aliphatic imine (C=N–C) groups is 1. The molecule has 0 unspecified atom stereocenters. The van der Waals surface area contributed by atoms with Gasteiger partial charge >= 0.3 is 0 Å². The van der Waals surface area contributed by atoms with Crippen LogP contribution in [0.4, 0.5) is 5.82 Å². The Labute approximate surface area is 172 Å². The number of aromatic nitrogens is 1. The molecule has 24 heavy (non-hydrogen) atoms. The zero-order chi connectivity index (χ0) is 16.1. The molecule has 2 aromatic rings. The third-order valence-electron chi connectivity index (χ3n) is 3.81. The number of hydrogen-bond donors (Lipinski definition) is 1. The van der Waals surface area contributed by atoms with Crippen LogP contribution in [0, 0.1) is 0 Å². The Hall–Kier alpha value is -0.870. The van der Waals surface area contributed by atoms with Gasteiger partial charge < -0.3 is 15.1 Å². The van der Waals surface area contributed by atoms with Gasteiger partial charge in [-0.15, -0.1) is 35.3 Å². The second-order valence-corrected chi connectivity index (χ2v) is 7.21. The minimum Gasteiger partial charge on any atom is -0.353 e. The van der Waals surface area contributed by atoms with Crippen LogP contribution in [-0.2, 0) is 6.54 Å². The number of piperazine rings is 1. The molecule has 1 fully saturated rings. The number of hydrogen-bond acceptors (Lipinski definition) is 4. The average Bonchev–Trinajstić information content (AvgIpc) is 3.02. The fraction of sp³-hybridized carbons (Fsp3) is 0.375. The predicted octanol–water partition coefficient (Wildman–Crippen LogP) is 3.42. The molecule has 3 rings (SSSR count). The van der Waals surface area contributed by atoms with E-state index in [1.54, 1.807) is 11.3 Å². The highest BCUT2D eigenvalue weighted by atomic mass is 127. The molecule has 1 aliphatic heterocycles. The number of guanidine groups is 1. The SMILES string of the molecule is CN=C(NCc1cc(Br)cs1)N1CCN(c2ccccn2)CC1.I. The molecule has 130 valence electrons. The molecule has 1 N–H and O–H groups in total. The van der Waals surface area contributed by atoms with Crippen molar-refractivity contribution in [3.8, 4) is 0 Å². The summed E-state index contributed by atoms with van der Waals surface area (Å²) in [7, 11) is 1.85. The Morgan fingerprint density at radius 2 is 2.12 bits per heavy atom. The summed E-state index contributed by atoms with van der Waals surface area (Å²) < 4.78 is 1.14. The largest absolute Gasteiger partial charge is 0.353 e. The number of nitrogens with zero attached hydrogens (tertiary/aromatic N) is 4. The summed E-state index contributed by atoms with van der Waals surface area (Å²) in [6, 6.07) is 8.20. The van der Waals surface area contributed by atoms with Gasteiger partial charge in [0.2, 0.25) is 0 Å². The van der Waals surface area contributed by atoms with E-state index in [2.05, 4.69) is 58.5 Å². The molecule has 0 atom stereocenters. The van der Waals surface area contributed by atoms with E-state index in [4.69, 9.17) is 0 Å². The van der Waals surface area contributed by atoms with Crippen LogP contribution in [0.1, 0.15) is 4.88 Å². The molecule has 1 saturated heterocycles. The zero-order valence-corrected chi connectivity index (χ0v) is 18.2. The molecule has 0 spiro atoms. The van der Waals surface area contributed by atoms with Gasteiger partial charge in [0, 0.05) is 54.2 Å². The van der Waals surface area contributed by atoms with Crippen molar-refractivity contribution in [2.75, 3.05) is 38.1 Å². The number of anilines is 1. The van der Waals surface area contributed by atoms with Crippen molar-refractivity contribution < 1.29 is 0 Å². The molecular weight excluding hydrogens is 501 g/mol. The van der Waals surface area contributed by atoms with E-state index in [9.17, 15) is 0 Å². The first-order valence-corrected chi connectivity index (χ1v) is 9.28. The van der Waals surface area contributed by atoms with Crippen molar-refractivity contribution in [1.82, 2.24) is 15.2 Å².